The van der Waals surface area contributed by atoms with Gasteiger partial charge in [-0.15, -0.1) is 0 Å². The first-order valence-corrected chi connectivity index (χ1v) is 10.8. The molecule has 4 heteroatoms. The summed E-state index contributed by atoms with van der Waals surface area (Å²) in [5.41, 5.74) is 1.97. The minimum absolute atomic E-state index is 0.105. The van der Waals surface area contributed by atoms with E-state index in [4.69, 9.17) is 16.3 Å². The van der Waals surface area contributed by atoms with Crippen molar-refractivity contribution in [2.45, 2.75) is 62.8 Å². The molecule has 0 saturated heterocycles. The van der Waals surface area contributed by atoms with Crippen molar-refractivity contribution in [1.29, 1.82) is 0 Å². The van der Waals surface area contributed by atoms with E-state index in [0.717, 1.165) is 37.1 Å². The molecule has 2 aromatic rings. The third-order valence-corrected chi connectivity index (χ3v) is 7.23. The van der Waals surface area contributed by atoms with E-state index in [9.17, 15) is 5.11 Å². The summed E-state index contributed by atoms with van der Waals surface area (Å²) in [5, 5.41) is 15.4. The lowest BCUT2D eigenvalue weighted by atomic mass is 9.51. The van der Waals surface area contributed by atoms with Crippen molar-refractivity contribution >= 4 is 11.6 Å². The Hall–Kier alpha value is -1.55. The quantitative estimate of drug-likeness (QED) is 0.713. The SMILES string of the molecule is OC12CC3CC(C1)CC(NCc1ccc(OCc4ccccc4)c(Cl)c1)(C3)C2. The Morgan fingerprint density at radius 3 is 2.43 bits per heavy atom. The van der Waals surface area contributed by atoms with Gasteiger partial charge in [0.2, 0.25) is 0 Å². The average Bonchev–Trinajstić information content (AvgIpc) is 2.65. The summed E-state index contributed by atoms with van der Waals surface area (Å²) in [5.74, 6) is 2.10. The Kier molecular flexibility index (Phi) is 4.65. The monoisotopic (exact) mass is 397 g/mol. The molecule has 6 rings (SSSR count). The Balaban J connectivity index is 1.22. The Labute approximate surface area is 172 Å². The first kappa shape index (κ1) is 18.5. The molecule has 0 spiro atoms. The van der Waals surface area contributed by atoms with Gasteiger partial charge in [-0.2, -0.15) is 0 Å². The molecule has 4 aliphatic rings. The van der Waals surface area contributed by atoms with Crippen LogP contribution in [-0.4, -0.2) is 16.2 Å². The molecule has 3 nitrogen and oxygen atoms in total. The third-order valence-electron chi connectivity index (χ3n) is 6.93. The number of hydrogen-bond donors (Lipinski definition) is 2. The summed E-state index contributed by atoms with van der Waals surface area (Å²) in [6.45, 7) is 1.30. The lowest BCUT2D eigenvalue weighted by Crippen LogP contribution is -2.64. The molecule has 0 aliphatic heterocycles. The molecule has 0 aromatic heterocycles. The van der Waals surface area contributed by atoms with Crippen LogP contribution in [0.25, 0.3) is 0 Å². The number of ether oxygens (including phenoxy) is 1. The molecule has 28 heavy (non-hydrogen) atoms. The molecule has 0 amide bonds. The summed E-state index contributed by atoms with van der Waals surface area (Å²) in [4.78, 5) is 0. The van der Waals surface area contributed by atoms with E-state index in [2.05, 4.69) is 11.4 Å². The van der Waals surface area contributed by atoms with Crippen LogP contribution < -0.4 is 10.1 Å². The summed E-state index contributed by atoms with van der Waals surface area (Å²) in [7, 11) is 0. The van der Waals surface area contributed by atoms with Crippen LogP contribution in [0.1, 0.15) is 49.7 Å². The van der Waals surface area contributed by atoms with Crippen LogP contribution in [0.4, 0.5) is 0 Å². The minimum atomic E-state index is -0.427. The van der Waals surface area contributed by atoms with Gasteiger partial charge in [0, 0.05) is 12.1 Å². The van der Waals surface area contributed by atoms with Crippen LogP contribution >= 0.6 is 11.6 Å². The smallest absolute Gasteiger partial charge is 0.138 e. The van der Waals surface area contributed by atoms with Gasteiger partial charge in [0.1, 0.15) is 12.4 Å². The first-order valence-electron chi connectivity index (χ1n) is 10.4. The molecule has 2 aromatic carbocycles. The molecule has 0 heterocycles. The van der Waals surface area contributed by atoms with Crippen LogP contribution in [0.15, 0.2) is 48.5 Å². The highest BCUT2D eigenvalue weighted by Gasteiger charge is 2.56. The number of nitrogens with one attached hydrogen (secondary N) is 1. The maximum atomic E-state index is 10.9. The molecular formula is C24H28ClNO2. The van der Waals surface area contributed by atoms with Crippen molar-refractivity contribution < 1.29 is 9.84 Å². The van der Waals surface area contributed by atoms with E-state index in [1.165, 1.54) is 24.8 Å². The van der Waals surface area contributed by atoms with E-state index in [1.807, 2.05) is 42.5 Å². The standard InChI is InChI=1S/C24H28ClNO2/c25-21-9-18(6-7-22(21)28-15-17-4-2-1-3-5-17)14-26-23-10-19-8-20(11-23)13-24(27,12-19)16-23/h1-7,9,19-20,26-27H,8,10-16H2. The molecule has 4 fully saturated rings. The summed E-state index contributed by atoms with van der Waals surface area (Å²) >= 11 is 6.48. The van der Waals surface area contributed by atoms with Crippen LogP contribution in [-0.2, 0) is 13.2 Å². The van der Waals surface area contributed by atoms with Crippen LogP contribution in [0.3, 0.4) is 0 Å². The Morgan fingerprint density at radius 2 is 1.75 bits per heavy atom. The predicted octanol–water partition coefficient (Wildman–Crippen LogP) is 5.09. The molecule has 2 atom stereocenters. The van der Waals surface area contributed by atoms with Gasteiger partial charge in [0.15, 0.2) is 0 Å². The number of halogens is 1. The van der Waals surface area contributed by atoms with Crippen LogP contribution in [0.2, 0.25) is 5.02 Å². The second kappa shape index (κ2) is 7.05. The van der Waals surface area contributed by atoms with Crippen molar-refractivity contribution in [3.63, 3.8) is 0 Å². The van der Waals surface area contributed by atoms with Gasteiger partial charge in [0.05, 0.1) is 10.6 Å². The molecule has 4 saturated carbocycles. The van der Waals surface area contributed by atoms with Gasteiger partial charge >= 0.3 is 0 Å². The van der Waals surface area contributed by atoms with Crippen molar-refractivity contribution in [2.24, 2.45) is 11.8 Å². The van der Waals surface area contributed by atoms with Gasteiger partial charge in [-0.3, -0.25) is 0 Å². The van der Waals surface area contributed by atoms with E-state index >= 15 is 0 Å². The Bertz CT molecular complexity index is 839. The lowest BCUT2D eigenvalue weighted by molar-refractivity contribution is -0.142. The topological polar surface area (TPSA) is 41.5 Å². The van der Waals surface area contributed by atoms with Gasteiger partial charge in [-0.25, -0.2) is 0 Å². The van der Waals surface area contributed by atoms with Crippen molar-refractivity contribution in [3.05, 3.63) is 64.7 Å². The molecule has 148 valence electrons. The zero-order chi connectivity index (χ0) is 19.2. The first-order chi connectivity index (χ1) is 13.5. The van der Waals surface area contributed by atoms with E-state index < -0.39 is 5.60 Å². The summed E-state index contributed by atoms with van der Waals surface area (Å²) < 4.78 is 5.88. The van der Waals surface area contributed by atoms with Gasteiger partial charge < -0.3 is 15.2 Å². The fourth-order valence-corrected chi connectivity index (χ4v) is 6.47. The van der Waals surface area contributed by atoms with E-state index in [1.54, 1.807) is 0 Å². The minimum Gasteiger partial charge on any atom is -0.487 e. The fraction of sp³-hybridized carbons (Fsp3) is 0.500. The number of aliphatic hydroxyl groups is 1. The van der Waals surface area contributed by atoms with Crippen LogP contribution in [0.5, 0.6) is 5.75 Å². The number of hydrogen-bond acceptors (Lipinski definition) is 3. The third kappa shape index (κ3) is 3.68. The highest BCUT2D eigenvalue weighted by Crippen LogP contribution is 2.57. The largest absolute Gasteiger partial charge is 0.487 e. The summed E-state index contributed by atoms with van der Waals surface area (Å²) in [6, 6.07) is 16.2. The van der Waals surface area contributed by atoms with E-state index in [-0.39, 0.29) is 5.54 Å². The highest BCUT2D eigenvalue weighted by atomic mass is 35.5. The van der Waals surface area contributed by atoms with E-state index in [0.29, 0.717) is 23.5 Å². The fourth-order valence-electron chi connectivity index (χ4n) is 6.22. The molecule has 2 unspecified atom stereocenters. The Morgan fingerprint density at radius 1 is 1.00 bits per heavy atom. The maximum Gasteiger partial charge on any atom is 0.138 e. The summed E-state index contributed by atoms with van der Waals surface area (Å²) in [6.07, 6.45) is 6.64. The molecule has 4 bridgehead atoms. The maximum absolute atomic E-state index is 10.9. The second-order valence-electron chi connectivity index (χ2n) is 9.36. The zero-order valence-electron chi connectivity index (χ0n) is 16.2. The number of benzene rings is 2. The molecular weight excluding hydrogens is 370 g/mol. The van der Waals surface area contributed by atoms with Gasteiger partial charge in [-0.05, 0) is 73.6 Å². The molecule has 0 radical (unpaired) electrons. The van der Waals surface area contributed by atoms with Gasteiger partial charge in [0.25, 0.3) is 0 Å². The van der Waals surface area contributed by atoms with Crippen molar-refractivity contribution in [1.82, 2.24) is 5.32 Å². The lowest BCUT2D eigenvalue weighted by Gasteiger charge is -2.60. The van der Waals surface area contributed by atoms with Crippen molar-refractivity contribution in [3.8, 4) is 5.75 Å². The predicted molar refractivity (Wildman–Crippen MR) is 111 cm³/mol. The van der Waals surface area contributed by atoms with Gasteiger partial charge in [-0.1, -0.05) is 48.0 Å². The van der Waals surface area contributed by atoms with Crippen molar-refractivity contribution in [2.75, 3.05) is 0 Å². The highest BCUT2D eigenvalue weighted by molar-refractivity contribution is 6.32. The second-order valence-corrected chi connectivity index (χ2v) is 9.77. The normalized spacial score (nSPS) is 33.2. The molecule has 2 N–H and O–H groups in total. The average molecular weight is 398 g/mol. The zero-order valence-corrected chi connectivity index (χ0v) is 16.9. The van der Waals surface area contributed by atoms with Crippen LogP contribution in [0, 0.1) is 11.8 Å². The molecule has 4 aliphatic carbocycles. The number of rotatable bonds is 6.